The number of nitrogens with one attached hydrogen (secondary N) is 1. The Labute approximate surface area is 130 Å². The lowest BCUT2D eigenvalue weighted by molar-refractivity contribution is -0.139. The largest absolute Gasteiger partial charge is 0.352 e. The molecule has 0 unspecified atom stereocenters. The molecule has 118 valence electrons. The number of aryl methyl sites for hydroxylation is 1. The number of hydrogen-bond acceptors (Lipinski definition) is 3. The molecule has 0 radical (unpaired) electrons. The predicted molar refractivity (Wildman–Crippen MR) is 81.9 cm³/mol. The fraction of sp³-hybridized carbons (Fsp3) is 0.438. The molecule has 1 N–H and O–H groups in total. The molecule has 3 amide bonds. The SMILES string of the molecule is Cc1cccc(CNC(=O)CC(=O)N2CCN(C=O)CC2)c1. The van der Waals surface area contributed by atoms with Crippen LogP contribution in [0.25, 0.3) is 0 Å². The highest BCUT2D eigenvalue weighted by Gasteiger charge is 2.21. The van der Waals surface area contributed by atoms with E-state index in [2.05, 4.69) is 5.32 Å². The number of benzene rings is 1. The third-order valence-electron chi connectivity index (χ3n) is 3.70. The first-order valence-corrected chi connectivity index (χ1v) is 7.38. The molecule has 6 heteroatoms. The number of rotatable bonds is 5. The van der Waals surface area contributed by atoms with Crippen molar-refractivity contribution >= 4 is 18.2 Å². The van der Waals surface area contributed by atoms with Crippen LogP contribution in [0.1, 0.15) is 17.5 Å². The van der Waals surface area contributed by atoms with Crippen molar-refractivity contribution in [3.8, 4) is 0 Å². The molecule has 0 atom stereocenters. The van der Waals surface area contributed by atoms with Crippen LogP contribution in [0.4, 0.5) is 0 Å². The minimum absolute atomic E-state index is 0.146. The van der Waals surface area contributed by atoms with Gasteiger partial charge in [-0.3, -0.25) is 14.4 Å². The Morgan fingerprint density at radius 2 is 1.95 bits per heavy atom. The molecule has 1 saturated heterocycles. The first kappa shape index (κ1) is 16.0. The molecule has 1 aromatic rings. The number of carbonyl (C=O) groups excluding carboxylic acids is 3. The fourth-order valence-electron chi connectivity index (χ4n) is 2.41. The van der Waals surface area contributed by atoms with Crippen LogP contribution in [0, 0.1) is 6.92 Å². The zero-order chi connectivity index (χ0) is 15.9. The summed E-state index contributed by atoms with van der Waals surface area (Å²) in [6.45, 7) is 4.45. The second-order valence-electron chi connectivity index (χ2n) is 5.46. The van der Waals surface area contributed by atoms with Crippen LogP contribution in [-0.2, 0) is 20.9 Å². The van der Waals surface area contributed by atoms with Crippen LogP contribution in [0.2, 0.25) is 0 Å². The highest BCUT2D eigenvalue weighted by atomic mass is 16.2. The lowest BCUT2D eigenvalue weighted by Gasteiger charge is -2.32. The van der Waals surface area contributed by atoms with E-state index in [-0.39, 0.29) is 18.2 Å². The Balaban J connectivity index is 1.75. The van der Waals surface area contributed by atoms with Gasteiger partial charge in [-0.05, 0) is 12.5 Å². The molecule has 0 aliphatic carbocycles. The van der Waals surface area contributed by atoms with Gasteiger partial charge in [0.15, 0.2) is 0 Å². The summed E-state index contributed by atoms with van der Waals surface area (Å²) < 4.78 is 0. The number of carbonyl (C=O) groups is 3. The van der Waals surface area contributed by atoms with Gasteiger partial charge in [-0.2, -0.15) is 0 Å². The zero-order valence-electron chi connectivity index (χ0n) is 12.7. The zero-order valence-corrected chi connectivity index (χ0v) is 12.7. The monoisotopic (exact) mass is 303 g/mol. The van der Waals surface area contributed by atoms with Crippen molar-refractivity contribution in [1.29, 1.82) is 0 Å². The summed E-state index contributed by atoms with van der Waals surface area (Å²) in [5.41, 5.74) is 2.15. The van der Waals surface area contributed by atoms with Gasteiger partial charge in [0.05, 0.1) is 0 Å². The highest BCUT2D eigenvalue weighted by molar-refractivity contribution is 5.96. The Kier molecular flexibility index (Phi) is 5.52. The van der Waals surface area contributed by atoms with E-state index in [9.17, 15) is 14.4 Å². The molecule has 0 spiro atoms. The first-order valence-electron chi connectivity index (χ1n) is 7.38. The predicted octanol–water partition coefficient (Wildman–Crippen LogP) is 0.302. The molecule has 2 rings (SSSR count). The van der Waals surface area contributed by atoms with Crippen molar-refractivity contribution in [3.63, 3.8) is 0 Å². The van der Waals surface area contributed by atoms with Gasteiger partial charge in [0.25, 0.3) is 0 Å². The van der Waals surface area contributed by atoms with Gasteiger partial charge < -0.3 is 15.1 Å². The second kappa shape index (κ2) is 7.59. The lowest BCUT2D eigenvalue weighted by atomic mass is 10.1. The average Bonchev–Trinajstić information content (AvgIpc) is 2.53. The lowest BCUT2D eigenvalue weighted by Crippen LogP contribution is -2.48. The molecule has 1 fully saturated rings. The van der Waals surface area contributed by atoms with Crippen LogP contribution >= 0.6 is 0 Å². The number of nitrogens with zero attached hydrogens (tertiary/aromatic N) is 2. The maximum Gasteiger partial charge on any atom is 0.232 e. The van der Waals surface area contributed by atoms with E-state index >= 15 is 0 Å². The van der Waals surface area contributed by atoms with Crippen LogP contribution in [0.3, 0.4) is 0 Å². The number of piperazine rings is 1. The summed E-state index contributed by atoms with van der Waals surface area (Å²) in [5, 5.41) is 2.76. The maximum absolute atomic E-state index is 12.0. The Hall–Kier alpha value is -2.37. The molecule has 0 bridgehead atoms. The minimum atomic E-state index is -0.274. The number of hydrogen-bond donors (Lipinski definition) is 1. The van der Waals surface area contributed by atoms with E-state index in [1.807, 2.05) is 31.2 Å². The summed E-state index contributed by atoms with van der Waals surface area (Å²) in [6.07, 6.45) is 0.642. The third kappa shape index (κ3) is 4.58. The van der Waals surface area contributed by atoms with E-state index in [4.69, 9.17) is 0 Å². The Morgan fingerprint density at radius 1 is 1.23 bits per heavy atom. The van der Waals surface area contributed by atoms with E-state index in [1.54, 1.807) is 9.80 Å². The topological polar surface area (TPSA) is 69.7 Å². The van der Waals surface area contributed by atoms with Gasteiger partial charge in [0, 0.05) is 32.7 Å². The van der Waals surface area contributed by atoms with Crippen molar-refractivity contribution in [2.24, 2.45) is 0 Å². The van der Waals surface area contributed by atoms with Gasteiger partial charge in [-0.25, -0.2) is 0 Å². The van der Waals surface area contributed by atoms with Crippen LogP contribution in [0.15, 0.2) is 24.3 Å². The summed E-state index contributed by atoms with van der Waals surface area (Å²) in [5.74, 6) is -0.461. The summed E-state index contributed by atoms with van der Waals surface area (Å²) >= 11 is 0. The smallest absolute Gasteiger partial charge is 0.232 e. The van der Waals surface area contributed by atoms with Gasteiger partial charge in [0.2, 0.25) is 18.2 Å². The normalized spacial score (nSPS) is 14.6. The third-order valence-corrected chi connectivity index (χ3v) is 3.70. The van der Waals surface area contributed by atoms with E-state index < -0.39 is 0 Å². The molecule has 22 heavy (non-hydrogen) atoms. The molecule has 1 heterocycles. The Morgan fingerprint density at radius 3 is 2.59 bits per heavy atom. The van der Waals surface area contributed by atoms with Crippen molar-refractivity contribution in [2.75, 3.05) is 26.2 Å². The molecule has 1 aromatic carbocycles. The molecular formula is C16H21N3O3. The van der Waals surface area contributed by atoms with E-state index in [1.165, 1.54) is 0 Å². The minimum Gasteiger partial charge on any atom is -0.352 e. The van der Waals surface area contributed by atoms with Crippen molar-refractivity contribution in [1.82, 2.24) is 15.1 Å². The first-order chi connectivity index (χ1) is 10.6. The van der Waals surface area contributed by atoms with Gasteiger partial charge in [0.1, 0.15) is 6.42 Å². The summed E-state index contributed by atoms with van der Waals surface area (Å²) in [6, 6.07) is 7.87. The molecule has 0 aromatic heterocycles. The quantitative estimate of drug-likeness (QED) is 0.628. The number of amides is 3. The molecule has 1 aliphatic heterocycles. The van der Waals surface area contributed by atoms with Crippen LogP contribution in [-0.4, -0.2) is 54.2 Å². The van der Waals surface area contributed by atoms with E-state index in [0.717, 1.165) is 17.5 Å². The van der Waals surface area contributed by atoms with Gasteiger partial charge in [-0.15, -0.1) is 0 Å². The molecule has 1 aliphatic rings. The van der Waals surface area contributed by atoms with Crippen LogP contribution in [0.5, 0.6) is 0 Å². The fourth-order valence-corrected chi connectivity index (χ4v) is 2.41. The van der Waals surface area contributed by atoms with Gasteiger partial charge in [-0.1, -0.05) is 29.8 Å². The average molecular weight is 303 g/mol. The van der Waals surface area contributed by atoms with Gasteiger partial charge >= 0.3 is 0 Å². The Bertz CT molecular complexity index is 551. The van der Waals surface area contributed by atoms with Crippen molar-refractivity contribution in [2.45, 2.75) is 19.9 Å². The van der Waals surface area contributed by atoms with Crippen molar-refractivity contribution < 1.29 is 14.4 Å². The van der Waals surface area contributed by atoms with Crippen molar-refractivity contribution in [3.05, 3.63) is 35.4 Å². The second-order valence-corrected chi connectivity index (χ2v) is 5.46. The molecule has 0 saturated carbocycles. The summed E-state index contributed by atoms with van der Waals surface area (Å²) in [7, 11) is 0. The van der Waals surface area contributed by atoms with Crippen LogP contribution < -0.4 is 5.32 Å². The summed E-state index contributed by atoms with van der Waals surface area (Å²) in [4.78, 5) is 37.8. The standard InChI is InChI=1S/C16H21N3O3/c1-13-3-2-4-14(9-13)11-17-15(21)10-16(22)19-7-5-18(12-20)6-8-19/h2-4,9,12H,5-8,10-11H2,1H3,(H,17,21). The highest BCUT2D eigenvalue weighted by Crippen LogP contribution is 2.05. The maximum atomic E-state index is 12.0. The van der Waals surface area contributed by atoms with E-state index in [0.29, 0.717) is 32.7 Å². The molecule has 6 nitrogen and oxygen atoms in total. The molecular weight excluding hydrogens is 282 g/mol.